The van der Waals surface area contributed by atoms with Crippen LogP contribution in [0.15, 0.2) is 24.3 Å². The smallest absolute Gasteiger partial charge is 0.325 e. The number of anilines is 1. The van der Waals surface area contributed by atoms with E-state index in [1.165, 1.54) is 7.11 Å². The average molecular weight is 319 g/mol. The number of carbonyl (C=O) groups is 1. The summed E-state index contributed by atoms with van der Waals surface area (Å²) >= 11 is 2.26. The standard InChI is InChI=1S/C11H14INO2/c1-3-13(8-11(14)15-2)10-7-5-4-6-9(10)12/h4-7H,3,8H2,1-2H3. The normalized spacial score (nSPS) is 9.80. The van der Waals surface area contributed by atoms with E-state index in [1.807, 2.05) is 36.1 Å². The van der Waals surface area contributed by atoms with Crippen LogP contribution in [0.5, 0.6) is 0 Å². The molecule has 0 bridgehead atoms. The van der Waals surface area contributed by atoms with Crippen LogP contribution in [0.3, 0.4) is 0 Å². The van der Waals surface area contributed by atoms with Crippen LogP contribution in [-0.4, -0.2) is 26.2 Å². The third-order valence-electron chi connectivity index (χ3n) is 2.12. The summed E-state index contributed by atoms with van der Waals surface area (Å²) in [5.41, 5.74) is 1.08. The minimum atomic E-state index is -0.212. The number of methoxy groups -OCH3 is 1. The van der Waals surface area contributed by atoms with E-state index in [4.69, 9.17) is 0 Å². The monoisotopic (exact) mass is 319 g/mol. The zero-order chi connectivity index (χ0) is 11.3. The number of likely N-dealkylation sites (N-methyl/N-ethyl adjacent to an activating group) is 1. The van der Waals surface area contributed by atoms with Gasteiger partial charge in [0.2, 0.25) is 0 Å². The minimum absolute atomic E-state index is 0.212. The number of nitrogens with zero attached hydrogens (tertiary/aromatic N) is 1. The summed E-state index contributed by atoms with van der Waals surface area (Å²) in [5, 5.41) is 0. The number of para-hydroxylation sites is 1. The molecule has 1 aromatic rings. The zero-order valence-corrected chi connectivity index (χ0v) is 11.0. The molecular formula is C11H14INO2. The maximum absolute atomic E-state index is 11.2. The lowest BCUT2D eigenvalue weighted by Gasteiger charge is -2.22. The lowest BCUT2D eigenvalue weighted by molar-refractivity contribution is -0.138. The van der Waals surface area contributed by atoms with Crippen molar-refractivity contribution in [2.24, 2.45) is 0 Å². The number of hydrogen-bond donors (Lipinski definition) is 0. The van der Waals surface area contributed by atoms with Gasteiger partial charge in [-0.3, -0.25) is 4.79 Å². The fourth-order valence-electron chi connectivity index (χ4n) is 1.30. The molecular weight excluding hydrogens is 305 g/mol. The number of esters is 1. The van der Waals surface area contributed by atoms with Gasteiger partial charge >= 0.3 is 5.97 Å². The first-order valence-electron chi connectivity index (χ1n) is 4.75. The predicted molar refractivity (Wildman–Crippen MR) is 69.1 cm³/mol. The first-order valence-corrected chi connectivity index (χ1v) is 5.83. The number of carbonyl (C=O) groups excluding carboxylic acids is 1. The van der Waals surface area contributed by atoms with Gasteiger partial charge in [-0.1, -0.05) is 12.1 Å². The summed E-state index contributed by atoms with van der Waals surface area (Å²) in [5.74, 6) is -0.212. The van der Waals surface area contributed by atoms with E-state index >= 15 is 0 Å². The van der Waals surface area contributed by atoms with Gasteiger partial charge in [0.1, 0.15) is 6.54 Å². The highest BCUT2D eigenvalue weighted by Gasteiger charge is 2.11. The highest BCUT2D eigenvalue weighted by atomic mass is 127. The molecule has 0 spiro atoms. The molecule has 0 amide bonds. The summed E-state index contributed by atoms with van der Waals surface area (Å²) in [7, 11) is 1.41. The Kier molecular flexibility index (Phi) is 4.87. The molecule has 0 fully saturated rings. The topological polar surface area (TPSA) is 29.5 Å². The van der Waals surface area contributed by atoms with Gasteiger partial charge in [0, 0.05) is 10.1 Å². The van der Waals surface area contributed by atoms with E-state index in [0.29, 0.717) is 6.54 Å². The lowest BCUT2D eigenvalue weighted by Crippen LogP contribution is -2.30. The van der Waals surface area contributed by atoms with E-state index in [2.05, 4.69) is 27.3 Å². The van der Waals surface area contributed by atoms with E-state index in [0.717, 1.165) is 15.8 Å². The van der Waals surface area contributed by atoms with E-state index in [1.54, 1.807) is 0 Å². The van der Waals surface area contributed by atoms with Gasteiger partial charge < -0.3 is 9.64 Å². The van der Waals surface area contributed by atoms with Crippen molar-refractivity contribution in [3.63, 3.8) is 0 Å². The Morgan fingerprint density at radius 2 is 2.13 bits per heavy atom. The summed E-state index contributed by atoms with van der Waals surface area (Å²) in [6.07, 6.45) is 0. The molecule has 3 nitrogen and oxygen atoms in total. The molecule has 0 atom stereocenters. The predicted octanol–water partition coefficient (Wildman–Crippen LogP) is 2.29. The molecule has 15 heavy (non-hydrogen) atoms. The largest absolute Gasteiger partial charge is 0.468 e. The molecule has 1 rings (SSSR count). The minimum Gasteiger partial charge on any atom is -0.468 e. The van der Waals surface area contributed by atoms with Gasteiger partial charge in [-0.25, -0.2) is 0 Å². The second-order valence-corrected chi connectivity index (χ2v) is 4.20. The molecule has 0 radical (unpaired) electrons. The van der Waals surface area contributed by atoms with Crippen LogP contribution >= 0.6 is 22.6 Å². The van der Waals surface area contributed by atoms with Gasteiger partial charge in [0.25, 0.3) is 0 Å². The molecule has 0 unspecified atom stereocenters. The fourth-order valence-corrected chi connectivity index (χ4v) is 2.02. The van der Waals surface area contributed by atoms with Gasteiger partial charge in [0.15, 0.2) is 0 Å². The van der Waals surface area contributed by atoms with Gasteiger partial charge in [-0.2, -0.15) is 0 Å². The van der Waals surface area contributed by atoms with Crippen molar-refractivity contribution < 1.29 is 9.53 Å². The van der Waals surface area contributed by atoms with Crippen LogP contribution in [0.2, 0.25) is 0 Å². The van der Waals surface area contributed by atoms with Crippen LogP contribution in [0.1, 0.15) is 6.92 Å². The number of rotatable bonds is 4. The Morgan fingerprint density at radius 1 is 1.47 bits per heavy atom. The zero-order valence-electron chi connectivity index (χ0n) is 8.87. The highest BCUT2D eigenvalue weighted by Crippen LogP contribution is 2.21. The summed E-state index contributed by atoms with van der Waals surface area (Å²) < 4.78 is 5.80. The third kappa shape index (κ3) is 3.37. The van der Waals surface area contributed by atoms with E-state index < -0.39 is 0 Å². The van der Waals surface area contributed by atoms with Crippen molar-refractivity contribution in [2.75, 3.05) is 25.1 Å². The van der Waals surface area contributed by atoms with Crippen LogP contribution in [0.25, 0.3) is 0 Å². The quantitative estimate of drug-likeness (QED) is 0.630. The first kappa shape index (κ1) is 12.3. The van der Waals surface area contributed by atoms with Crippen LogP contribution in [0, 0.1) is 3.57 Å². The number of ether oxygens (including phenoxy) is 1. The number of halogens is 1. The maximum Gasteiger partial charge on any atom is 0.325 e. The highest BCUT2D eigenvalue weighted by molar-refractivity contribution is 14.1. The Morgan fingerprint density at radius 3 is 2.67 bits per heavy atom. The van der Waals surface area contributed by atoms with Gasteiger partial charge in [-0.15, -0.1) is 0 Å². The SMILES string of the molecule is CCN(CC(=O)OC)c1ccccc1I. The van der Waals surface area contributed by atoms with Crippen molar-refractivity contribution in [1.82, 2.24) is 0 Å². The Balaban J connectivity index is 2.83. The summed E-state index contributed by atoms with van der Waals surface area (Å²) in [6, 6.07) is 7.98. The molecule has 0 aliphatic rings. The molecule has 0 aliphatic heterocycles. The van der Waals surface area contributed by atoms with Gasteiger partial charge in [0.05, 0.1) is 12.8 Å². The van der Waals surface area contributed by atoms with Gasteiger partial charge in [-0.05, 0) is 41.6 Å². The van der Waals surface area contributed by atoms with Crippen molar-refractivity contribution in [3.05, 3.63) is 27.8 Å². The second kappa shape index (κ2) is 5.95. The lowest BCUT2D eigenvalue weighted by atomic mass is 10.3. The maximum atomic E-state index is 11.2. The van der Waals surface area contributed by atoms with E-state index in [9.17, 15) is 4.79 Å². The van der Waals surface area contributed by atoms with Crippen LogP contribution in [-0.2, 0) is 9.53 Å². The summed E-state index contributed by atoms with van der Waals surface area (Å²) in [6.45, 7) is 3.11. The van der Waals surface area contributed by atoms with Crippen molar-refractivity contribution in [2.45, 2.75) is 6.92 Å². The fraction of sp³-hybridized carbons (Fsp3) is 0.364. The molecule has 0 aliphatic carbocycles. The van der Waals surface area contributed by atoms with Crippen LogP contribution < -0.4 is 4.90 Å². The van der Waals surface area contributed by atoms with Crippen LogP contribution in [0.4, 0.5) is 5.69 Å². The molecule has 0 N–H and O–H groups in total. The first-order chi connectivity index (χ1) is 7.19. The third-order valence-corrected chi connectivity index (χ3v) is 3.03. The number of hydrogen-bond acceptors (Lipinski definition) is 3. The molecule has 1 aromatic carbocycles. The molecule has 0 saturated heterocycles. The van der Waals surface area contributed by atoms with Crippen molar-refractivity contribution >= 4 is 34.2 Å². The van der Waals surface area contributed by atoms with Crippen molar-refractivity contribution in [3.8, 4) is 0 Å². The average Bonchev–Trinajstić information content (AvgIpc) is 2.26. The number of benzene rings is 1. The molecule has 0 saturated carbocycles. The molecule has 4 heteroatoms. The Hall–Kier alpha value is -0.780. The molecule has 0 heterocycles. The molecule has 82 valence electrons. The Bertz CT molecular complexity index is 341. The Labute approximate surface area is 104 Å². The van der Waals surface area contributed by atoms with Crippen molar-refractivity contribution in [1.29, 1.82) is 0 Å². The second-order valence-electron chi connectivity index (χ2n) is 3.04. The van der Waals surface area contributed by atoms with E-state index in [-0.39, 0.29) is 5.97 Å². The molecule has 0 aromatic heterocycles. The summed E-state index contributed by atoms with van der Waals surface area (Å²) in [4.78, 5) is 13.2.